The zero-order chi connectivity index (χ0) is 20.6. The Labute approximate surface area is 168 Å². The van der Waals surface area contributed by atoms with Gasteiger partial charge in [0.05, 0.1) is 20.8 Å². The zero-order valence-electron chi connectivity index (χ0n) is 16.1. The van der Waals surface area contributed by atoms with Crippen LogP contribution in [-0.2, 0) is 23.4 Å². The average Bonchev–Trinajstić information content (AvgIpc) is 3.08. The Bertz CT molecular complexity index is 1070. The van der Waals surface area contributed by atoms with Crippen molar-refractivity contribution in [1.82, 2.24) is 14.5 Å². The van der Waals surface area contributed by atoms with E-state index in [1.165, 1.54) is 38.9 Å². The summed E-state index contributed by atoms with van der Waals surface area (Å²) in [5.41, 5.74) is -1.62. The van der Waals surface area contributed by atoms with Crippen LogP contribution in [0.25, 0.3) is 10.3 Å². The third kappa shape index (κ3) is 3.85. The Balaban J connectivity index is 2.22. The molecule has 10 heteroatoms. The number of thiazole rings is 1. The number of rotatable bonds is 6. The molecule has 0 saturated heterocycles. The molecule has 1 atom stereocenters. The molecule has 0 saturated carbocycles. The number of hydrogen-bond acceptors (Lipinski definition) is 7. The Hall–Kier alpha value is -2.17. The monoisotopic (exact) mass is 425 g/mol. The fraction of sp³-hybridized carbons (Fsp3) is 0.389. The van der Waals surface area contributed by atoms with Crippen molar-refractivity contribution in [3.8, 4) is 11.5 Å². The Kier molecular flexibility index (Phi) is 5.64. The van der Waals surface area contributed by atoms with Gasteiger partial charge in [0.1, 0.15) is 17.8 Å². The molecule has 7 nitrogen and oxygen atoms in total. The second-order valence-electron chi connectivity index (χ2n) is 6.56. The van der Waals surface area contributed by atoms with Gasteiger partial charge in [-0.05, 0) is 37.3 Å². The Morgan fingerprint density at radius 2 is 2.00 bits per heavy atom. The summed E-state index contributed by atoms with van der Waals surface area (Å²) in [7, 11) is 3.05. The molecule has 0 aliphatic carbocycles. The minimum Gasteiger partial charge on any atom is -0.610 e. The highest BCUT2D eigenvalue weighted by Gasteiger charge is 2.29. The third-order valence-corrected chi connectivity index (χ3v) is 6.38. The van der Waals surface area contributed by atoms with E-state index in [0.29, 0.717) is 17.1 Å². The fourth-order valence-electron chi connectivity index (χ4n) is 2.76. The first-order valence-corrected chi connectivity index (χ1v) is 10.7. The predicted molar refractivity (Wildman–Crippen MR) is 107 cm³/mol. The van der Waals surface area contributed by atoms with Crippen molar-refractivity contribution in [2.75, 3.05) is 20.5 Å². The van der Waals surface area contributed by atoms with Gasteiger partial charge in [-0.2, -0.15) is 4.98 Å². The molecule has 0 bridgehead atoms. The lowest BCUT2D eigenvalue weighted by atomic mass is 10.1. The molecule has 150 valence electrons. The van der Waals surface area contributed by atoms with Crippen molar-refractivity contribution in [2.24, 2.45) is 0 Å². The minimum atomic E-state index is -1.87. The molecule has 0 aliphatic rings. The number of hydrogen-bond donors (Lipinski definition) is 0. The SMILES string of the molecule is COc1ccc(Cn2c(C(C)(C)F)nc3sc([S+](C)[O-])nc3c2=O)c(OC)c1. The molecule has 3 rings (SSSR count). The fourth-order valence-corrected chi connectivity index (χ4v) is 4.36. The molecule has 1 unspecified atom stereocenters. The maximum atomic E-state index is 14.9. The molecule has 0 radical (unpaired) electrons. The normalized spacial score (nSPS) is 13.0. The molecule has 0 N–H and O–H groups in total. The van der Waals surface area contributed by atoms with E-state index in [0.717, 1.165) is 11.3 Å². The molecule has 0 fully saturated rings. The average molecular weight is 426 g/mol. The number of alkyl halides is 1. The highest BCUT2D eigenvalue weighted by atomic mass is 32.2. The number of ether oxygens (including phenoxy) is 2. The molecule has 0 spiro atoms. The van der Waals surface area contributed by atoms with Crippen LogP contribution in [0.15, 0.2) is 27.3 Å². The van der Waals surface area contributed by atoms with Gasteiger partial charge in [-0.15, -0.1) is 0 Å². The van der Waals surface area contributed by atoms with E-state index >= 15 is 0 Å². The standard InChI is InChI=1S/C18H20FN3O4S2/c1-18(2,19)16-21-14-13(20-17(27-14)28(5)24)15(23)22(16)9-10-6-7-11(25-3)8-12(10)26-4/h6-8H,9H2,1-5H3. The largest absolute Gasteiger partial charge is 0.610 e. The lowest BCUT2D eigenvalue weighted by molar-refractivity contribution is 0.197. The van der Waals surface area contributed by atoms with E-state index in [1.54, 1.807) is 18.2 Å². The number of halogens is 1. The Morgan fingerprint density at radius 1 is 1.29 bits per heavy atom. The van der Waals surface area contributed by atoms with Crippen molar-refractivity contribution in [1.29, 1.82) is 0 Å². The van der Waals surface area contributed by atoms with Crippen LogP contribution < -0.4 is 15.0 Å². The van der Waals surface area contributed by atoms with Gasteiger partial charge in [-0.3, -0.25) is 9.36 Å². The predicted octanol–water partition coefficient (Wildman–Crippen LogP) is 2.86. The van der Waals surface area contributed by atoms with Crippen molar-refractivity contribution in [3.05, 3.63) is 39.9 Å². The topological polar surface area (TPSA) is 89.3 Å². The van der Waals surface area contributed by atoms with Crippen LogP contribution in [0.5, 0.6) is 11.5 Å². The number of fused-ring (bicyclic) bond motifs is 1. The van der Waals surface area contributed by atoms with Crippen LogP contribution in [0.4, 0.5) is 4.39 Å². The lowest BCUT2D eigenvalue weighted by Gasteiger charge is -2.20. The lowest BCUT2D eigenvalue weighted by Crippen LogP contribution is -2.31. The summed E-state index contributed by atoms with van der Waals surface area (Å²) >= 11 is -0.326. The summed E-state index contributed by atoms with van der Waals surface area (Å²) in [6, 6.07) is 5.17. The maximum Gasteiger partial charge on any atom is 0.304 e. The van der Waals surface area contributed by atoms with Crippen LogP contribution in [0, 0.1) is 0 Å². The van der Waals surface area contributed by atoms with Crippen LogP contribution in [-0.4, -0.2) is 39.6 Å². The van der Waals surface area contributed by atoms with E-state index in [4.69, 9.17) is 9.47 Å². The van der Waals surface area contributed by atoms with Gasteiger partial charge in [0.15, 0.2) is 21.8 Å². The number of methoxy groups -OCH3 is 2. The van der Waals surface area contributed by atoms with Crippen molar-refractivity contribution >= 4 is 32.9 Å². The molecule has 2 heterocycles. The van der Waals surface area contributed by atoms with Crippen molar-refractivity contribution in [3.63, 3.8) is 0 Å². The summed E-state index contributed by atoms with van der Waals surface area (Å²) in [6.07, 6.45) is 1.47. The van der Waals surface area contributed by atoms with Crippen LogP contribution in [0.2, 0.25) is 0 Å². The van der Waals surface area contributed by atoms with Gasteiger partial charge in [0, 0.05) is 22.8 Å². The van der Waals surface area contributed by atoms with E-state index in [-0.39, 0.29) is 27.1 Å². The van der Waals surface area contributed by atoms with Crippen LogP contribution in [0.1, 0.15) is 25.2 Å². The molecule has 1 aromatic carbocycles. The van der Waals surface area contributed by atoms with Gasteiger partial charge in [0.25, 0.3) is 5.56 Å². The highest BCUT2D eigenvalue weighted by Crippen LogP contribution is 2.30. The smallest absolute Gasteiger partial charge is 0.304 e. The van der Waals surface area contributed by atoms with Crippen LogP contribution >= 0.6 is 11.3 Å². The second-order valence-corrected chi connectivity index (χ2v) is 9.10. The molecule has 2 aromatic heterocycles. The Morgan fingerprint density at radius 3 is 2.57 bits per heavy atom. The molecule has 0 amide bonds. The van der Waals surface area contributed by atoms with Gasteiger partial charge in [0.2, 0.25) is 0 Å². The quantitative estimate of drug-likeness (QED) is 0.564. The highest BCUT2D eigenvalue weighted by molar-refractivity contribution is 7.92. The summed E-state index contributed by atoms with van der Waals surface area (Å²) in [5.74, 6) is 1.07. The first kappa shape index (κ1) is 20.6. The van der Waals surface area contributed by atoms with Gasteiger partial charge < -0.3 is 14.0 Å². The number of aromatic nitrogens is 3. The van der Waals surface area contributed by atoms with E-state index in [1.807, 2.05) is 0 Å². The van der Waals surface area contributed by atoms with Gasteiger partial charge >= 0.3 is 4.34 Å². The maximum absolute atomic E-state index is 14.9. The van der Waals surface area contributed by atoms with E-state index in [9.17, 15) is 13.7 Å². The summed E-state index contributed by atoms with van der Waals surface area (Å²) < 4.78 is 38.8. The number of benzene rings is 1. The molecule has 0 aliphatic heterocycles. The third-order valence-electron chi connectivity index (χ3n) is 4.10. The van der Waals surface area contributed by atoms with Crippen molar-refractivity contribution < 1.29 is 18.4 Å². The summed E-state index contributed by atoms with van der Waals surface area (Å²) in [5, 5.41) is 0. The van der Waals surface area contributed by atoms with Crippen LogP contribution in [0.3, 0.4) is 0 Å². The zero-order valence-corrected chi connectivity index (χ0v) is 17.7. The first-order valence-electron chi connectivity index (χ1n) is 8.30. The summed E-state index contributed by atoms with van der Waals surface area (Å²) in [4.78, 5) is 21.9. The van der Waals surface area contributed by atoms with E-state index in [2.05, 4.69) is 9.97 Å². The molecular weight excluding hydrogens is 405 g/mol. The second kappa shape index (κ2) is 7.69. The van der Waals surface area contributed by atoms with Gasteiger partial charge in [-0.25, -0.2) is 9.37 Å². The first-order chi connectivity index (χ1) is 13.2. The molecule has 28 heavy (non-hydrogen) atoms. The van der Waals surface area contributed by atoms with Crippen molar-refractivity contribution in [2.45, 2.75) is 30.4 Å². The minimum absolute atomic E-state index is 0.0278. The molecule has 3 aromatic rings. The van der Waals surface area contributed by atoms with Gasteiger partial charge in [-0.1, -0.05) is 0 Å². The number of nitrogens with zero attached hydrogens (tertiary/aromatic N) is 3. The molecular formula is C18H20FN3O4S2. The van der Waals surface area contributed by atoms with E-state index < -0.39 is 22.4 Å². The summed E-state index contributed by atoms with van der Waals surface area (Å²) in [6.45, 7) is 2.71.